The van der Waals surface area contributed by atoms with Crippen LogP contribution in [0.2, 0.25) is 0 Å². The summed E-state index contributed by atoms with van der Waals surface area (Å²) < 4.78 is 30.2. The molecular formula is C5H10N2O6S. The van der Waals surface area contributed by atoms with Gasteiger partial charge in [-0.1, -0.05) is 0 Å². The van der Waals surface area contributed by atoms with E-state index in [0.717, 1.165) is 0 Å². The lowest BCUT2D eigenvalue weighted by Gasteiger charge is -2.10. The molecule has 82 valence electrons. The van der Waals surface area contributed by atoms with Crippen molar-refractivity contribution in [3.05, 3.63) is 0 Å². The summed E-state index contributed by atoms with van der Waals surface area (Å²) in [6.07, 6.45) is -0.607. The first-order valence-corrected chi connectivity index (χ1v) is 4.92. The van der Waals surface area contributed by atoms with E-state index >= 15 is 0 Å². The molecule has 0 saturated heterocycles. The van der Waals surface area contributed by atoms with Gasteiger partial charge < -0.3 is 10.8 Å². The molecule has 0 radical (unpaired) electrons. The second-order valence-corrected chi connectivity index (χ2v) is 3.67. The zero-order valence-electron chi connectivity index (χ0n) is 7.00. The zero-order chi connectivity index (χ0) is 11.4. The molecule has 1 unspecified atom stereocenters. The highest BCUT2D eigenvalue weighted by Crippen LogP contribution is 1.98. The molecule has 14 heavy (non-hydrogen) atoms. The van der Waals surface area contributed by atoms with Crippen molar-refractivity contribution in [1.29, 1.82) is 0 Å². The van der Waals surface area contributed by atoms with Crippen molar-refractivity contribution >= 4 is 22.2 Å². The van der Waals surface area contributed by atoms with Crippen molar-refractivity contribution in [2.24, 2.45) is 5.73 Å². The number of amides is 1. The Hall–Kier alpha value is -1.19. The molecule has 0 fully saturated rings. The van der Waals surface area contributed by atoms with Gasteiger partial charge in [-0.05, 0) is 6.42 Å². The van der Waals surface area contributed by atoms with Crippen molar-refractivity contribution < 1.29 is 27.7 Å². The normalized spacial score (nSPS) is 13.5. The quantitative estimate of drug-likeness (QED) is 0.389. The van der Waals surface area contributed by atoms with Crippen LogP contribution in [0, 0.1) is 0 Å². The van der Waals surface area contributed by atoms with Crippen molar-refractivity contribution in [3.63, 3.8) is 0 Å². The van der Waals surface area contributed by atoms with Gasteiger partial charge in [0.1, 0.15) is 6.04 Å². The molecule has 8 nitrogen and oxygen atoms in total. The molecule has 0 heterocycles. The molecule has 0 aromatic carbocycles. The molecule has 0 aromatic rings. The lowest BCUT2D eigenvalue weighted by atomic mass is 10.2. The predicted octanol–water partition coefficient (Wildman–Crippen LogP) is -1.90. The van der Waals surface area contributed by atoms with Crippen LogP contribution in [-0.2, 0) is 19.9 Å². The number of carbonyl (C=O) groups excluding carboxylic acids is 1. The van der Waals surface area contributed by atoms with E-state index in [1.807, 2.05) is 0 Å². The van der Waals surface area contributed by atoms with E-state index in [2.05, 4.69) is 0 Å². The third-order valence-electron chi connectivity index (χ3n) is 1.27. The molecule has 0 saturated carbocycles. The smallest absolute Gasteiger partial charge is 0.334 e. The van der Waals surface area contributed by atoms with E-state index in [0.29, 0.717) is 0 Å². The van der Waals surface area contributed by atoms with Crippen molar-refractivity contribution in [2.45, 2.75) is 18.9 Å². The van der Waals surface area contributed by atoms with Gasteiger partial charge in [-0.15, -0.1) is 0 Å². The van der Waals surface area contributed by atoms with Crippen molar-refractivity contribution in [1.82, 2.24) is 4.72 Å². The molecule has 9 heteroatoms. The number of nitrogens with two attached hydrogens (primary N) is 1. The number of hydrogen-bond acceptors (Lipinski definition) is 4. The van der Waals surface area contributed by atoms with Gasteiger partial charge in [-0.25, -0.2) is 0 Å². The number of carbonyl (C=O) groups is 2. The molecule has 5 N–H and O–H groups in total. The van der Waals surface area contributed by atoms with E-state index in [9.17, 15) is 18.0 Å². The standard InChI is InChI=1S/C5H10N2O6S/c6-4(8)2-1-3(5(9)10)7-14(11,12)13/h3,7H,1-2H2,(H2,6,8)(H,9,10)(H,11,12,13). The van der Waals surface area contributed by atoms with Crippen LogP contribution in [0.1, 0.15) is 12.8 Å². The maximum atomic E-state index is 10.4. The third-order valence-corrected chi connectivity index (χ3v) is 1.85. The summed E-state index contributed by atoms with van der Waals surface area (Å²) in [6, 6.07) is -1.56. The number of aliphatic carboxylic acids is 1. The summed E-state index contributed by atoms with van der Waals surface area (Å²) in [6.45, 7) is 0. The molecule has 1 amide bonds. The fraction of sp³-hybridized carbons (Fsp3) is 0.600. The summed E-state index contributed by atoms with van der Waals surface area (Å²) >= 11 is 0. The minimum Gasteiger partial charge on any atom is -0.480 e. The van der Waals surface area contributed by atoms with Gasteiger partial charge in [-0.3, -0.25) is 14.1 Å². The summed E-state index contributed by atoms with van der Waals surface area (Å²) in [4.78, 5) is 20.7. The van der Waals surface area contributed by atoms with Crippen LogP contribution in [0.3, 0.4) is 0 Å². The molecule has 0 aliphatic carbocycles. The van der Waals surface area contributed by atoms with E-state index in [1.54, 1.807) is 0 Å². The largest absolute Gasteiger partial charge is 0.480 e. The van der Waals surface area contributed by atoms with Gasteiger partial charge in [0.05, 0.1) is 0 Å². The highest BCUT2D eigenvalue weighted by Gasteiger charge is 2.22. The summed E-state index contributed by atoms with van der Waals surface area (Å²) in [7, 11) is -4.60. The minimum atomic E-state index is -4.60. The molecular weight excluding hydrogens is 216 g/mol. The van der Waals surface area contributed by atoms with Gasteiger partial charge in [0, 0.05) is 6.42 Å². The molecule has 0 aromatic heterocycles. The number of carboxylic acid groups (broad SMARTS) is 1. The number of primary amides is 1. The Balaban J connectivity index is 4.32. The Morgan fingerprint density at radius 1 is 1.43 bits per heavy atom. The second kappa shape index (κ2) is 4.88. The van der Waals surface area contributed by atoms with Crippen LogP contribution in [0.5, 0.6) is 0 Å². The lowest BCUT2D eigenvalue weighted by Crippen LogP contribution is -2.40. The first-order valence-electron chi connectivity index (χ1n) is 3.48. The maximum Gasteiger partial charge on any atom is 0.334 e. The molecule has 1 atom stereocenters. The monoisotopic (exact) mass is 226 g/mol. The summed E-state index contributed by atoms with van der Waals surface area (Å²) in [5.74, 6) is -2.25. The Labute approximate surface area is 80.0 Å². The van der Waals surface area contributed by atoms with Crippen LogP contribution < -0.4 is 10.5 Å². The minimum absolute atomic E-state index is 0.292. The van der Waals surface area contributed by atoms with E-state index < -0.39 is 28.2 Å². The Morgan fingerprint density at radius 3 is 2.21 bits per heavy atom. The second-order valence-electron chi connectivity index (χ2n) is 2.49. The highest BCUT2D eigenvalue weighted by molar-refractivity contribution is 7.83. The highest BCUT2D eigenvalue weighted by atomic mass is 32.2. The summed E-state index contributed by atoms with van der Waals surface area (Å²) in [5.41, 5.74) is 4.73. The van der Waals surface area contributed by atoms with Crippen LogP contribution >= 0.6 is 0 Å². The van der Waals surface area contributed by atoms with Crippen LogP contribution in [0.25, 0.3) is 0 Å². The molecule has 0 aliphatic heterocycles. The number of nitrogens with one attached hydrogen (secondary N) is 1. The molecule has 0 spiro atoms. The van der Waals surface area contributed by atoms with Gasteiger partial charge in [0.25, 0.3) is 0 Å². The average Bonchev–Trinajstić information content (AvgIpc) is 1.94. The van der Waals surface area contributed by atoms with Crippen LogP contribution in [0.15, 0.2) is 0 Å². The van der Waals surface area contributed by atoms with Crippen LogP contribution in [0.4, 0.5) is 0 Å². The predicted molar refractivity (Wildman–Crippen MR) is 44.5 cm³/mol. The SMILES string of the molecule is NC(=O)CCC(NS(=O)(=O)O)C(=O)O. The topological polar surface area (TPSA) is 147 Å². The molecule has 0 aliphatic rings. The maximum absolute atomic E-state index is 10.4. The number of carboxylic acids is 1. The lowest BCUT2D eigenvalue weighted by molar-refractivity contribution is -0.139. The van der Waals surface area contributed by atoms with Gasteiger partial charge in [0.15, 0.2) is 0 Å². The Morgan fingerprint density at radius 2 is 1.93 bits per heavy atom. The van der Waals surface area contributed by atoms with Crippen LogP contribution in [-0.4, -0.2) is 36.0 Å². The molecule has 0 bridgehead atoms. The van der Waals surface area contributed by atoms with Crippen molar-refractivity contribution in [2.75, 3.05) is 0 Å². The van der Waals surface area contributed by atoms with Gasteiger partial charge >= 0.3 is 16.3 Å². The Kier molecular flexibility index (Phi) is 4.47. The summed E-state index contributed by atoms with van der Waals surface area (Å²) in [5, 5.41) is 8.46. The Bertz CT molecular complexity index is 323. The fourth-order valence-electron chi connectivity index (χ4n) is 0.699. The first-order chi connectivity index (χ1) is 6.22. The first kappa shape index (κ1) is 12.8. The van der Waals surface area contributed by atoms with Gasteiger partial charge in [-0.2, -0.15) is 13.1 Å². The van der Waals surface area contributed by atoms with Gasteiger partial charge in [0.2, 0.25) is 5.91 Å². The van der Waals surface area contributed by atoms with Crippen molar-refractivity contribution in [3.8, 4) is 0 Å². The fourth-order valence-corrected chi connectivity index (χ4v) is 1.28. The third kappa shape index (κ3) is 6.34. The zero-order valence-corrected chi connectivity index (χ0v) is 7.82. The number of hydrogen-bond donors (Lipinski definition) is 4. The van der Waals surface area contributed by atoms with E-state index in [4.69, 9.17) is 15.4 Å². The van der Waals surface area contributed by atoms with E-state index in [1.165, 1.54) is 4.72 Å². The number of rotatable bonds is 6. The van der Waals surface area contributed by atoms with E-state index in [-0.39, 0.29) is 12.8 Å². The average molecular weight is 226 g/mol. The molecule has 0 rings (SSSR count).